The highest BCUT2D eigenvalue weighted by Crippen LogP contribution is 2.30. The summed E-state index contributed by atoms with van der Waals surface area (Å²) in [5, 5.41) is 13.2. The third kappa shape index (κ3) is 3.97. The number of hydrogen-bond acceptors (Lipinski definition) is 4. The Bertz CT molecular complexity index is 742. The van der Waals surface area contributed by atoms with Crippen LogP contribution in [0.3, 0.4) is 0 Å². The molecule has 1 saturated carbocycles. The van der Waals surface area contributed by atoms with Crippen LogP contribution in [0.15, 0.2) is 23.0 Å². The van der Waals surface area contributed by atoms with E-state index in [1.807, 2.05) is 19.9 Å². The van der Waals surface area contributed by atoms with Crippen LogP contribution in [0.4, 0.5) is 0 Å². The summed E-state index contributed by atoms with van der Waals surface area (Å²) in [5.74, 6) is 0. The fourth-order valence-corrected chi connectivity index (χ4v) is 4.36. The van der Waals surface area contributed by atoms with E-state index in [0.717, 1.165) is 55.5 Å². The number of thiophene rings is 1. The molecule has 0 aliphatic heterocycles. The maximum absolute atomic E-state index is 11.9. The van der Waals surface area contributed by atoms with Crippen LogP contribution in [0.25, 0.3) is 10.4 Å². The third-order valence-corrected chi connectivity index (χ3v) is 6.00. The van der Waals surface area contributed by atoms with Crippen molar-refractivity contribution >= 4 is 11.3 Å². The average Bonchev–Trinajstić information content (AvgIpc) is 3.03. The van der Waals surface area contributed by atoms with Gasteiger partial charge in [0, 0.05) is 39.2 Å². The highest BCUT2D eigenvalue weighted by Gasteiger charge is 2.19. The number of H-pyrrole nitrogens is 1. The molecule has 2 aromatic heterocycles. The van der Waals surface area contributed by atoms with Gasteiger partial charge in [-0.3, -0.25) is 4.79 Å². The van der Waals surface area contributed by atoms with Gasteiger partial charge >= 0.3 is 0 Å². The molecule has 130 valence electrons. The van der Waals surface area contributed by atoms with E-state index in [2.05, 4.69) is 22.4 Å². The molecule has 1 aliphatic rings. The van der Waals surface area contributed by atoms with Crippen molar-refractivity contribution in [2.75, 3.05) is 0 Å². The molecule has 0 bridgehead atoms. The molecule has 4 nitrogen and oxygen atoms in total. The summed E-state index contributed by atoms with van der Waals surface area (Å²) in [5.41, 5.74) is 2.92. The second-order valence-corrected chi connectivity index (χ2v) is 7.84. The number of rotatable bonds is 5. The summed E-state index contributed by atoms with van der Waals surface area (Å²) < 4.78 is 0. The van der Waals surface area contributed by atoms with E-state index in [-0.39, 0.29) is 11.7 Å². The van der Waals surface area contributed by atoms with Crippen molar-refractivity contribution in [2.24, 2.45) is 0 Å². The molecule has 0 aromatic carbocycles. The van der Waals surface area contributed by atoms with Crippen molar-refractivity contribution in [1.82, 2.24) is 10.3 Å². The number of nitrogens with one attached hydrogen (secondary N) is 2. The molecule has 2 aromatic rings. The Morgan fingerprint density at radius 2 is 2.04 bits per heavy atom. The Kier molecular flexibility index (Phi) is 5.54. The first-order chi connectivity index (χ1) is 11.6. The summed E-state index contributed by atoms with van der Waals surface area (Å²) in [6.07, 6.45) is 4.56. The Hall–Kier alpha value is -1.43. The molecule has 0 atom stereocenters. The van der Waals surface area contributed by atoms with Crippen LogP contribution in [0.1, 0.15) is 48.7 Å². The lowest BCUT2D eigenvalue weighted by Gasteiger charge is -2.26. The SMILES string of the molecule is CCc1cc(-c2ccc(CNC3CCC(O)CC3)s2)c(C)[nH]c1=O. The molecule has 0 unspecified atom stereocenters. The topological polar surface area (TPSA) is 65.1 Å². The van der Waals surface area contributed by atoms with E-state index in [1.165, 1.54) is 9.75 Å². The molecular weight excluding hydrogens is 320 g/mol. The van der Waals surface area contributed by atoms with Crippen molar-refractivity contribution in [3.8, 4) is 10.4 Å². The number of hydrogen-bond donors (Lipinski definition) is 3. The first-order valence-corrected chi connectivity index (χ1v) is 9.61. The Morgan fingerprint density at radius 3 is 2.75 bits per heavy atom. The molecule has 0 radical (unpaired) electrons. The van der Waals surface area contributed by atoms with E-state index in [1.54, 1.807) is 11.3 Å². The van der Waals surface area contributed by atoms with Crippen LogP contribution in [0.5, 0.6) is 0 Å². The number of aliphatic hydroxyl groups is 1. The largest absolute Gasteiger partial charge is 0.393 e. The standard InChI is InChI=1S/C19H26N2O2S/c1-3-13-10-17(12(2)21-19(13)23)18-9-8-16(24-18)11-20-14-4-6-15(22)7-5-14/h8-10,14-15,20,22H,3-7,11H2,1-2H3,(H,21,23). The van der Waals surface area contributed by atoms with Crippen LogP contribution in [-0.4, -0.2) is 22.2 Å². The Morgan fingerprint density at radius 1 is 1.29 bits per heavy atom. The zero-order chi connectivity index (χ0) is 17.1. The van der Waals surface area contributed by atoms with Crippen molar-refractivity contribution < 1.29 is 5.11 Å². The fourth-order valence-electron chi connectivity index (χ4n) is 3.33. The van der Waals surface area contributed by atoms with Crippen molar-refractivity contribution in [1.29, 1.82) is 0 Å². The Labute approximate surface area is 146 Å². The lowest BCUT2D eigenvalue weighted by atomic mass is 9.93. The third-order valence-electron chi connectivity index (χ3n) is 4.88. The number of aryl methyl sites for hydroxylation is 2. The second-order valence-electron chi connectivity index (χ2n) is 6.67. The zero-order valence-corrected chi connectivity index (χ0v) is 15.2. The zero-order valence-electron chi connectivity index (χ0n) is 14.4. The monoisotopic (exact) mass is 346 g/mol. The summed E-state index contributed by atoms with van der Waals surface area (Å²) in [4.78, 5) is 17.4. The predicted octanol–water partition coefficient (Wildman–Crippen LogP) is 3.37. The highest BCUT2D eigenvalue weighted by atomic mass is 32.1. The van der Waals surface area contributed by atoms with Gasteiger partial charge < -0.3 is 15.4 Å². The molecule has 3 N–H and O–H groups in total. The first kappa shape index (κ1) is 17.4. The number of aromatic amines is 1. The maximum Gasteiger partial charge on any atom is 0.251 e. The van der Waals surface area contributed by atoms with Gasteiger partial charge in [-0.1, -0.05) is 6.92 Å². The fraction of sp³-hybridized carbons (Fsp3) is 0.526. The first-order valence-electron chi connectivity index (χ1n) is 8.80. The van der Waals surface area contributed by atoms with Crippen molar-refractivity contribution in [3.05, 3.63) is 44.7 Å². The molecule has 1 aliphatic carbocycles. The van der Waals surface area contributed by atoms with E-state index < -0.39 is 0 Å². The van der Waals surface area contributed by atoms with Gasteiger partial charge in [-0.25, -0.2) is 0 Å². The Balaban J connectivity index is 1.68. The minimum Gasteiger partial charge on any atom is -0.393 e. The van der Waals surface area contributed by atoms with E-state index in [4.69, 9.17) is 0 Å². The number of pyridine rings is 1. The van der Waals surface area contributed by atoms with Gasteiger partial charge in [-0.15, -0.1) is 11.3 Å². The molecule has 0 spiro atoms. The molecule has 0 saturated heterocycles. The average molecular weight is 346 g/mol. The summed E-state index contributed by atoms with van der Waals surface area (Å²) in [6.45, 7) is 4.84. The predicted molar refractivity (Wildman–Crippen MR) is 99.6 cm³/mol. The molecule has 0 amide bonds. The number of aliphatic hydroxyl groups excluding tert-OH is 1. The normalized spacial score (nSPS) is 21.1. The van der Waals surface area contributed by atoms with Gasteiger partial charge in [-0.05, 0) is 57.2 Å². The molecule has 3 rings (SSSR count). The molecule has 24 heavy (non-hydrogen) atoms. The van der Waals surface area contributed by atoms with Gasteiger partial charge in [0.2, 0.25) is 0 Å². The van der Waals surface area contributed by atoms with E-state index in [9.17, 15) is 9.90 Å². The second kappa shape index (κ2) is 7.64. The van der Waals surface area contributed by atoms with Crippen molar-refractivity contribution in [2.45, 2.75) is 64.6 Å². The van der Waals surface area contributed by atoms with E-state index in [0.29, 0.717) is 6.04 Å². The summed E-state index contributed by atoms with van der Waals surface area (Å²) in [7, 11) is 0. The smallest absolute Gasteiger partial charge is 0.251 e. The van der Waals surface area contributed by atoms with Crippen LogP contribution in [-0.2, 0) is 13.0 Å². The van der Waals surface area contributed by atoms with Crippen LogP contribution < -0.4 is 10.9 Å². The van der Waals surface area contributed by atoms with Crippen LogP contribution in [0, 0.1) is 6.92 Å². The van der Waals surface area contributed by atoms with Gasteiger partial charge in [-0.2, -0.15) is 0 Å². The van der Waals surface area contributed by atoms with Gasteiger partial charge in [0.25, 0.3) is 5.56 Å². The van der Waals surface area contributed by atoms with Crippen molar-refractivity contribution in [3.63, 3.8) is 0 Å². The van der Waals surface area contributed by atoms with Gasteiger partial charge in [0.1, 0.15) is 0 Å². The molecular formula is C19H26N2O2S. The maximum atomic E-state index is 11.9. The molecule has 5 heteroatoms. The van der Waals surface area contributed by atoms with Gasteiger partial charge in [0.05, 0.1) is 6.10 Å². The van der Waals surface area contributed by atoms with Crippen LogP contribution >= 0.6 is 11.3 Å². The minimum absolute atomic E-state index is 0.0247. The lowest BCUT2D eigenvalue weighted by Crippen LogP contribution is -2.33. The van der Waals surface area contributed by atoms with Gasteiger partial charge in [0.15, 0.2) is 0 Å². The highest BCUT2D eigenvalue weighted by molar-refractivity contribution is 7.15. The summed E-state index contributed by atoms with van der Waals surface area (Å²) >= 11 is 1.78. The number of aromatic nitrogens is 1. The lowest BCUT2D eigenvalue weighted by molar-refractivity contribution is 0.116. The molecule has 1 fully saturated rings. The van der Waals surface area contributed by atoms with E-state index >= 15 is 0 Å². The quantitative estimate of drug-likeness (QED) is 0.778. The molecule has 2 heterocycles. The van der Waals surface area contributed by atoms with Crippen LogP contribution in [0.2, 0.25) is 0 Å². The minimum atomic E-state index is -0.104. The summed E-state index contributed by atoms with van der Waals surface area (Å²) in [6, 6.07) is 6.85.